The van der Waals surface area contributed by atoms with Crippen LogP contribution >= 0.6 is 0 Å². The van der Waals surface area contributed by atoms with Crippen LogP contribution in [0.25, 0.3) is 0 Å². The van der Waals surface area contributed by atoms with E-state index in [1.54, 1.807) is 6.92 Å². The van der Waals surface area contributed by atoms with Gasteiger partial charge in [-0.25, -0.2) is 8.42 Å². The third-order valence-electron chi connectivity index (χ3n) is 5.20. The van der Waals surface area contributed by atoms with Crippen molar-refractivity contribution >= 4 is 15.9 Å². The first-order valence-corrected chi connectivity index (χ1v) is 6.75. The van der Waals surface area contributed by atoms with Gasteiger partial charge in [-0.05, 0) is 12.8 Å². The van der Waals surface area contributed by atoms with Gasteiger partial charge in [0.15, 0.2) is 5.78 Å². The van der Waals surface area contributed by atoms with E-state index in [4.69, 9.17) is 4.74 Å². The van der Waals surface area contributed by atoms with E-state index >= 15 is 0 Å². The van der Waals surface area contributed by atoms with Crippen LogP contribution in [0.3, 0.4) is 0 Å². The maximum atomic E-state index is 12.2. The van der Waals surface area contributed by atoms with Crippen molar-refractivity contribution < 1.29 is 52.1 Å². The van der Waals surface area contributed by atoms with Crippen molar-refractivity contribution in [3.63, 3.8) is 0 Å². The van der Waals surface area contributed by atoms with Crippen molar-refractivity contribution in [3.05, 3.63) is 0 Å². The zero-order valence-corrected chi connectivity index (χ0v) is 13.0. The van der Waals surface area contributed by atoms with E-state index in [1.807, 2.05) is 6.92 Å². The van der Waals surface area contributed by atoms with Gasteiger partial charge in [0.1, 0.15) is 10.1 Å². The predicted octanol–water partition coefficient (Wildman–Crippen LogP) is -2.73. The second kappa shape index (κ2) is 3.35. The standard InChI is InChI=1S/C10H14O5S.Na/c1-8-4-3-6-9(8,2)5-15-10(6,7(8)11)16(12,13)14;/h6H,3-5H2,1-2H3,(H,12,13,14);/q;+1/p-1. The zero-order chi connectivity index (χ0) is 12.0. The van der Waals surface area contributed by atoms with E-state index in [0.29, 0.717) is 12.8 Å². The molecule has 2 aliphatic carbocycles. The summed E-state index contributed by atoms with van der Waals surface area (Å²) in [4.78, 5) is 10.1. The summed E-state index contributed by atoms with van der Waals surface area (Å²) in [6.07, 6.45) is 1.24. The largest absolute Gasteiger partial charge is 1.00 e. The summed E-state index contributed by atoms with van der Waals surface area (Å²) in [5, 5.41) is 0. The molecule has 2 saturated carbocycles. The summed E-state index contributed by atoms with van der Waals surface area (Å²) in [5.74, 6) is -0.972. The summed E-state index contributed by atoms with van der Waals surface area (Å²) >= 11 is 0. The number of ether oxygens (including phenoxy) is 1. The average molecular weight is 268 g/mol. The second-order valence-corrected chi connectivity index (χ2v) is 7.09. The number of hydrogen-bond donors (Lipinski definition) is 0. The van der Waals surface area contributed by atoms with Crippen LogP contribution in [0.4, 0.5) is 0 Å². The third-order valence-corrected chi connectivity index (χ3v) is 6.53. The van der Waals surface area contributed by atoms with Gasteiger partial charge in [-0.1, -0.05) is 13.8 Å². The molecule has 1 saturated heterocycles. The Balaban J connectivity index is 0.00000108. The van der Waals surface area contributed by atoms with Gasteiger partial charge in [-0.3, -0.25) is 4.79 Å². The van der Waals surface area contributed by atoms with Gasteiger partial charge in [0.25, 0.3) is 0 Å². The Bertz CT molecular complexity index is 503. The van der Waals surface area contributed by atoms with Crippen molar-refractivity contribution in [2.45, 2.75) is 31.6 Å². The van der Waals surface area contributed by atoms with Crippen LogP contribution in [0.1, 0.15) is 26.7 Å². The molecule has 5 nitrogen and oxygen atoms in total. The molecule has 0 aromatic heterocycles. The van der Waals surface area contributed by atoms with Crippen molar-refractivity contribution in [3.8, 4) is 0 Å². The molecular weight excluding hydrogens is 255 g/mol. The monoisotopic (exact) mass is 268 g/mol. The van der Waals surface area contributed by atoms with E-state index in [-0.39, 0.29) is 36.2 Å². The number of carbonyl (C=O) groups excluding carboxylic acids is 1. The van der Waals surface area contributed by atoms with E-state index in [2.05, 4.69) is 0 Å². The van der Waals surface area contributed by atoms with Gasteiger partial charge in [0, 0.05) is 16.7 Å². The fraction of sp³-hybridized carbons (Fsp3) is 0.900. The predicted molar refractivity (Wildman–Crippen MR) is 52.3 cm³/mol. The van der Waals surface area contributed by atoms with Crippen molar-refractivity contribution in [1.29, 1.82) is 0 Å². The molecule has 3 fully saturated rings. The second-order valence-electron chi connectivity index (χ2n) is 5.58. The molecule has 0 radical (unpaired) electrons. The van der Waals surface area contributed by atoms with Gasteiger partial charge in [-0.2, -0.15) is 0 Å². The molecule has 3 rings (SSSR count). The molecule has 17 heavy (non-hydrogen) atoms. The van der Waals surface area contributed by atoms with E-state index in [0.717, 1.165) is 0 Å². The van der Waals surface area contributed by atoms with Crippen LogP contribution in [-0.4, -0.2) is 30.3 Å². The number of Topliss-reactive ketones (excluding diaryl/α,β-unsaturated/α-hetero) is 1. The Morgan fingerprint density at radius 3 is 2.35 bits per heavy atom. The molecule has 1 aliphatic heterocycles. The number of ketones is 1. The maximum absolute atomic E-state index is 12.2. The molecule has 4 unspecified atom stereocenters. The summed E-state index contributed by atoms with van der Waals surface area (Å²) in [5.41, 5.74) is -1.19. The summed E-state index contributed by atoms with van der Waals surface area (Å²) in [6, 6.07) is 0. The number of carbonyl (C=O) groups is 1. The third kappa shape index (κ3) is 1.13. The van der Waals surface area contributed by atoms with Crippen LogP contribution in [0.5, 0.6) is 0 Å². The number of rotatable bonds is 1. The molecular formula is C10H13NaO5S. The summed E-state index contributed by atoms with van der Waals surface area (Å²) < 4.78 is 39.4. The number of hydrogen-bond acceptors (Lipinski definition) is 5. The van der Waals surface area contributed by atoms with Gasteiger partial charge in [0.2, 0.25) is 4.93 Å². The Hall–Kier alpha value is 0.540. The fourth-order valence-electron chi connectivity index (χ4n) is 3.99. The minimum atomic E-state index is -4.75. The first-order valence-electron chi connectivity index (χ1n) is 5.34. The quantitative estimate of drug-likeness (QED) is 0.381. The van der Waals surface area contributed by atoms with Gasteiger partial charge in [-0.15, -0.1) is 0 Å². The van der Waals surface area contributed by atoms with E-state index in [9.17, 15) is 17.8 Å². The van der Waals surface area contributed by atoms with Crippen molar-refractivity contribution in [2.24, 2.45) is 16.7 Å². The van der Waals surface area contributed by atoms with Crippen molar-refractivity contribution in [2.75, 3.05) is 6.61 Å². The Labute approximate surface area is 122 Å². The molecule has 0 spiro atoms. The Morgan fingerprint density at radius 1 is 1.41 bits per heavy atom. The summed E-state index contributed by atoms with van der Waals surface area (Å²) in [7, 11) is -4.75. The normalized spacial score (nSPS) is 51.7. The van der Waals surface area contributed by atoms with Crippen LogP contribution in [-0.2, 0) is 19.6 Å². The smallest absolute Gasteiger partial charge is 0.745 e. The van der Waals surface area contributed by atoms with Crippen LogP contribution in [0, 0.1) is 16.7 Å². The fourth-order valence-corrected chi connectivity index (χ4v) is 5.37. The molecule has 3 aliphatic rings. The molecule has 1 heterocycles. The first kappa shape index (κ1) is 14.0. The van der Waals surface area contributed by atoms with Gasteiger partial charge in [0.05, 0.1) is 6.61 Å². The molecule has 4 bridgehead atoms. The van der Waals surface area contributed by atoms with Gasteiger partial charge < -0.3 is 9.29 Å². The van der Waals surface area contributed by atoms with Gasteiger partial charge >= 0.3 is 29.6 Å². The minimum Gasteiger partial charge on any atom is -0.745 e. The molecule has 0 N–H and O–H groups in total. The van der Waals surface area contributed by atoms with Crippen LogP contribution in [0.15, 0.2) is 0 Å². The van der Waals surface area contributed by atoms with E-state index < -0.39 is 37.6 Å². The molecule has 90 valence electrons. The molecule has 4 atom stereocenters. The molecule has 0 aromatic rings. The Kier molecular flexibility index (Phi) is 2.75. The SMILES string of the molecule is CC12CCC3C1(C)COC3(S(=O)(=O)[O-])C2=O.[Na+]. The first-order chi connectivity index (χ1) is 7.20. The molecule has 0 amide bonds. The minimum absolute atomic E-state index is 0. The molecule has 0 aromatic carbocycles. The summed E-state index contributed by atoms with van der Waals surface area (Å²) in [6.45, 7) is 3.83. The van der Waals surface area contributed by atoms with Crippen molar-refractivity contribution in [1.82, 2.24) is 0 Å². The maximum Gasteiger partial charge on any atom is 1.00 e. The van der Waals surface area contributed by atoms with E-state index in [1.165, 1.54) is 0 Å². The average Bonchev–Trinajstić information content (AvgIpc) is 2.63. The zero-order valence-electron chi connectivity index (χ0n) is 10.1. The Morgan fingerprint density at radius 2 is 2.00 bits per heavy atom. The topological polar surface area (TPSA) is 83.5 Å². The van der Waals surface area contributed by atoms with Crippen LogP contribution in [0.2, 0.25) is 0 Å². The van der Waals surface area contributed by atoms with Crippen LogP contribution < -0.4 is 29.6 Å². The molecule has 7 heteroatoms.